The van der Waals surface area contributed by atoms with Gasteiger partial charge in [0.2, 0.25) is 11.8 Å². The number of nitrogens with zero attached hydrogens (tertiary/aromatic N) is 2. The van der Waals surface area contributed by atoms with Crippen LogP contribution in [0.3, 0.4) is 0 Å². The van der Waals surface area contributed by atoms with Gasteiger partial charge in [0, 0.05) is 24.5 Å². The molecule has 1 atom stereocenters. The van der Waals surface area contributed by atoms with Gasteiger partial charge in [0.15, 0.2) is 0 Å². The van der Waals surface area contributed by atoms with E-state index < -0.39 is 46.2 Å². The maximum absolute atomic E-state index is 14.5. The van der Waals surface area contributed by atoms with Crippen LogP contribution < -0.4 is 9.62 Å². The number of hydrogen-bond donors (Lipinski definition) is 1. The van der Waals surface area contributed by atoms with Crippen molar-refractivity contribution in [1.82, 2.24) is 10.2 Å². The number of anilines is 1. The lowest BCUT2D eigenvalue weighted by atomic mass is 10.0. The summed E-state index contributed by atoms with van der Waals surface area (Å²) in [6, 6.07) is 24.2. The highest BCUT2D eigenvalue weighted by Crippen LogP contribution is 2.33. The number of aryl methyl sites for hydroxylation is 1. The van der Waals surface area contributed by atoms with Crippen LogP contribution >= 0.6 is 11.6 Å². The van der Waals surface area contributed by atoms with Gasteiger partial charge < -0.3 is 10.2 Å². The Labute approximate surface area is 284 Å². The first-order chi connectivity index (χ1) is 22.8. The minimum absolute atomic E-state index is 0.0966. The summed E-state index contributed by atoms with van der Waals surface area (Å²) in [7, 11) is -4.57. The smallest absolute Gasteiger partial charge is 0.354 e. The zero-order chi connectivity index (χ0) is 34.9. The fourth-order valence-electron chi connectivity index (χ4n) is 5.10. The van der Waals surface area contributed by atoms with Crippen molar-refractivity contribution >= 4 is 39.1 Å². The third kappa shape index (κ3) is 9.60. The van der Waals surface area contributed by atoms with Crippen LogP contribution in [0.5, 0.6) is 0 Å². The van der Waals surface area contributed by atoms with E-state index in [4.69, 9.17) is 11.6 Å². The van der Waals surface area contributed by atoms with Crippen LogP contribution in [-0.4, -0.2) is 44.3 Å². The fourth-order valence-corrected chi connectivity index (χ4v) is 6.71. The molecule has 0 aliphatic rings. The summed E-state index contributed by atoms with van der Waals surface area (Å²) >= 11 is 6.26. The Bertz CT molecular complexity index is 1800. The third-order valence-electron chi connectivity index (χ3n) is 7.69. The first kappa shape index (κ1) is 36.5. The molecule has 48 heavy (non-hydrogen) atoms. The Morgan fingerprint density at radius 3 is 2.19 bits per heavy atom. The molecule has 0 aliphatic heterocycles. The van der Waals surface area contributed by atoms with Gasteiger partial charge in [-0.3, -0.25) is 13.9 Å². The van der Waals surface area contributed by atoms with E-state index >= 15 is 0 Å². The summed E-state index contributed by atoms with van der Waals surface area (Å²) in [4.78, 5) is 29.3. The van der Waals surface area contributed by atoms with Crippen molar-refractivity contribution in [1.29, 1.82) is 0 Å². The van der Waals surface area contributed by atoms with E-state index in [0.717, 1.165) is 29.7 Å². The first-order valence-corrected chi connectivity index (χ1v) is 17.2. The largest absolute Gasteiger partial charge is 0.416 e. The number of carbonyl (C=O) groups excluding carboxylic acids is 2. The van der Waals surface area contributed by atoms with Gasteiger partial charge in [-0.2, -0.15) is 13.2 Å². The van der Waals surface area contributed by atoms with E-state index in [9.17, 15) is 31.2 Å². The summed E-state index contributed by atoms with van der Waals surface area (Å²) in [5.41, 5.74) is 0.653. The number of hydrogen-bond acceptors (Lipinski definition) is 4. The average Bonchev–Trinajstić information content (AvgIpc) is 3.05. The van der Waals surface area contributed by atoms with Crippen molar-refractivity contribution in [2.24, 2.45) is 0 Å². The number of nitrogens with one attached hydrogen (secondary N) is 1. The molecule has 0 bridgehead atoms. The standard InChI is InChI=1S/C36H37ClF3N3O4S/c1-3-4-20-41-35(45)33(22-27-10-6-5-7-11-27)42(24-28-12-8-14-30(37)21-28)34(44)25-43(31-15-9-13-29(23-31)36(38,39)40)48(46,47)32-18-16-26(2)17-19-32/h5-19,21,23,33H,3-4,20,22,24-25H2,1-2H3,(H,41,45). The summed E-state index contributed by atoms with van der Waals surface area (Å²) in [6.45, 7) is 3.08. The molecule has 4 aromatic carbocycles. The molecule has 0 spiro atoms. The van der Waals surface area contributed by atoms with Crippen molar-refractivity contribution in [3.8, 4) is 0 Å². The molecule has 0 fully saturated rings. The van der Waals surface area contributed by atoms with Crippen molar-refractivity contribution in [2.45, 2.75) is 56.8 Å². The van der Waals surface area contributed by atoms with Crippen molar-refractivity contribution in [3.63, 3.8) is 0 Å². The second kappa shape index (κ2) is 16.2. The molecule has 0 saturated carbocycles. The van der Waals surface area contributed by atoms with Gasteiger partial charge in [0.25, 0.3) is 10.0 Å². The molecule has 0 radical (unpaired) electrons. The average molecular weight is 700 g/mol. The van der Waals surface area contributed by atoms with Gasteiger partial charge in [-0.25, -0.2) is 8.42 Å². The van der Waals surface area contributed by atoms with Gasteiger partial charge in [0.1, 0.15) is 12.6 Å². The molecule has 7 nitrogen and oxygen atoms in total. The number of halogens is 4. The monoisotopic (exact) mass is 699 g/mol. The Hall–Kier alpha value is -4.35. The van der Waals surface area contributed by atoms with Gasteiger partial charge in [-0.05, 0) is 66.9 Å². The number of sulfonamides is 1. The summed E-state index contributed by atoms with van der Waals surface area (Å²) in [6.07, 6.45) is -3.16. The minimum atomic E-state index is -4.77. The molecule has 0 aliphatic carbocycles. The number of amides is 2. The quantitative estimate of drug-likeness (QED) is 0.139. The van der Waals surface area contributed by atoms with Gasteiger partial charge >= 0.3 is 6.18 Å². The molecular weight excluding hydrogens is 663 g/mol. The van der Waals surface area contributed by atoms with E-state index in [2.05, 4.69) is 5.32 Å². The first-order valence-electron chi connectivity index (χ1n) is 15.4. The maximum Gasteiger partial charge on any atom is 0.416 e. The van der Waals surface area contributed by atoms with Crippen LogP contribution in [-0.2, 0) is 38.8 Å². The van der Waals surface area contributed by atoms with E-state index in [1.54, 1.807) is 55.5 Å². The zero-order valence-corrected chi connectivity index (χ0v) is 28.2. The molecule has 4 aromatic rings. The van der Waals surface area contributed by atoms with E-state index in [1.807, 2.05) is 25.1 Å². The van der Waals surface area contributed by atoms with Crippen molar-refractivity contribution in [3.05, 3.63) is 130 Å². The molecular formula is C36H37ClF3N3O4S. The Kier molecular flexibility index (Phi) is 12.3. The topological polar surface area (TPSA) is 86.8 Å². The Morgan fingerprint density at radius 2 is 1.54 bits per heavy atom. The fraction of sp³-hybridized carbons (Fsp3) is 0.278. The molecule has 1 unspecified atom stereocenters. The van der Waals surface area contributed by atoms with Gasteiger partial charge in [0.05, 0.1) is 16.1 Å². The number of rotatable bonds is 14. The van der Waals surface area contributed by atoms with Crippen LogP contribution in [0.2, 0.25) is 5.02 Å². The normalized spacial score (nSPS) is 12.3. The molecule has 1 N–H and O–H groups in total. The third-order valence-corrected chi connectivity index (χ3v) is 9.72. The van der Waals surface area contributed by atoms with Crippen molar-refractivity contribution in [2.75, 3.05) is 17.4 Å². The molecule has 0 saturated heterocycles. The van der Waals surface area contributed by atoms with Crippen LogP contribution in [0, 0.1) is 6.92 Å². The van der Waals surface area contributed by atoms with Crippen LogP contribution in [0.25, 0.3) is 0 Å². The number of benzene rings is 4. The van der Waals surface area contributed by atoms with E-state index in [1.165, 1.54) is 23.1 Å². The Balaban J connectivity index is 1.83. The van der Waals surface area contributed by atoms with Gasteiger partial charge in [-0.15, -0.1) is 0 Å². The molecule has 0 aromatic heterocycles. The number of carbonyl (C=O) groups is 2. The number of unbranched alkanes of at least 4 members (excludes halogenated alkanes) is 1. The lowest BCUT2D eigenvalue weighted by molar-refractivity contribution is -0.140. The van der Waals surface area contributed by atoms with Crippen molar-refractivity contribution < 1.29 is 31.2 Å². The SMILES string of the molecule is CCCCNC(=O)C(Cc1ccccc1)N(Cc1cccc(Cl)c1)C(=O)CN(c1cccc(C(F)(F)F)c1)S(=O)(=O)c1ccc(C)cc1. The van der Waals surface area contributed by atoms with Crippen LogP contribution in [0.1, 0.15) is 42.0 Å². The zero-order valence-electron chi connectivity index (χ0n) is 26.6. The molecule has 0 heterocycles. The molecule has 12 heteroatoms. The lowest BCUT2D eigenvalue weighted by Crippen LogP contribution is -2.53. The number of alkyl halides is 3. The van der Waals surface area contributed by atoms with Crippen LogP contribution in [0.15, 0.2) is 108 Å². The van der Waals surface area contributed by atoms with Gasteiger partial charge in [-0.1, -0.05) is 91.2 Å². The predicted molar refractivity (Wildman–Crippen MR) is 181 cm³/mol. The second-order valence-corrected chi connectivity index (χ2v) is 13.7. The minimum Gasteiger partial charge on any atom is -0.354 e. The molecule has 2 amide bonds. The molecule has 254 valence electrons. The Morgan fingerprint density at radius 1 is 0.875 bits per heavy atom. The maximum atomic E-state index is 14.5. The summed E-state index contributed by atoms with van der Waals surface area (Å²) in [5, 5.41) is 3.28. The summed E-state index contributed by atoms with van der Waals surface area (Å²) in [5.74, 6) is -1.25. The second-order valence-electron chi connectivity index (χ2n) is 11.4. The van der Waals surface area contributed by atoms with Crippen LogP contribution in [0.4, 0.5) is 18.9 Å². The predicted octanol–water partition coefficient (Wildman–Crippen LogP) is 7.42. The highest BCUT2D eigenvalue weighted by molar-refractivity contribution is 7.92. The highest BCUT2D eigenvalue weighted by atomic mass is 35.5. The lowest BCUT2D eigenvalue weighted by Gasteiger charge is -2.34. The highest BCUT2D eigenvalue weighted by Gasteiger charge is 2.36. The van der Waals surface area contributed by atoms with E-state index in [-0.39, 0.29) is 23.5 Å². The summed E-state index contributed by atoms with van der Waals surface area (Å²) < 4.78 is 70.3. The molecule has 4 rings (SSSR count). The van der Waals surface area contributed by atoms with E-state index in [0.29, 0.717) is 33.9 Å².